The smallest absolute Gasteiger partial charge is 0.242 e. The Morgan fingerprint density at radius 1 is 1.53 bits per heavy atom. The van der Waals surface area contributed by atoms with Crippen molar-refractivity contribution in [2.75, 3.05) is 7.11 Å². The fourth-order valence-electron chi connectivity index (χ4n) is 1.34. The largest absolute Gasteiger partial charge is 0.481 e. The van der Waals surface area contributed by atoms with Crippen molar-refractivity contribution in [2.45, 2.75) is 0 Å². The highest BCUT2D eigenvalue weighted by Crippen LogP contribution is 2.22. The van der Waals surface area contributed by atoms with Crippen LogP contribution in [0.2, 0.25) is 5.15 Å². The van der Waals surface area contributed by atoms with Gasteiger partial charge in [-0.15, -0.1) is 5.10 Å². The molecule has 2 aromatic heterocycles. The van der Waals surface area contributed by atoms with Gasteiger partial charge in [0.25, 0.3) is 0 Å². The van der Waals surface area contributed by atoms with E-state index in [1.165, 1.54) is 30.4 Å². The molecule has 0 aliphatic rings. The van der Waals surface area contributed by atoms with Gasteiger partial charge in [-0.05, 0) is 6.07 Å². The predicted molar refractivity (Wildman–Crippen MR) is 69.3 cm³/mol. The Balaban J connectivity index is 2.32. The number of primary amides is 1. The van der Waals surface area contributed by atoms with Gasteiger partial charge in [0.05, 0.1) is 7.11 Å². The van der Waals surface area contributed by atoms with E-state index in [9.17, 15) is 4.79 Å². The van der Waals surface area contributed by atoms with E-state index < -0.39 is 5.91 Å². The first kappa shape index (κ1) is 13.0. The first-order valence-electron chi connectivity index (χ1n) is 5.19. The average molecular weight is 280 g/mol. The minimum Gasteiger partial charge on any atom is -0.481 e. The van der Waals surface area contributed by atoms with E-state index >= 15 is 0 Å². The minimum atomic E-state index is -0.564. The van der Waals surface area contributed by atoms with Crippen LogP contribution in [0.15, 0.2) is 24.5 Å². The Kier molecular flexibility index (Phi) is 3.76. The van der Waals surface area contributed by atoms with E-state index in [1.807, 2.05) is 0 Å². The lowest BCUT2D eigenvalue weighted by molar-refractivity contribution is -0.113. The van der Waals surface area contributed by atoms with E-state index in [0.717, 1.165) is 0 Å². The molecule has 0 aliphatic heterocycles. The molecule has 98 valence electrons. The minimum absolute atomic E-state index is 0.276. The van der Waals surface area contributed by atoms with E-state index in [4.69, 9.17) is 22.1 Å². The number of halogens is 1. The summed E-state index contributed by atoms with van der Waals surface area (Å²) in [6.07, 6.45) is 4.02. The lowest BCUT2D eigenvalue weighted by Crippen LogP contribution is -2.06. The molecular weight excluding hydrogens is 270 g/mol. The normalized spacial score (nSPS) is 10.8. The summed E-state index contributed by atoms with van der Waals surface area (Å²) in [6.45, 7) is 0. The molecule has 2 heterocycles. The van der Waals surface area contributed by atoms with Crippen LogP contribution < -0.4 is 10.5 Å². The van der Waals surface area contributed by atoms with Crippen molar-refractivity contribution in [1.82, 2.24) is 19.7 Å². The summed E-state index contributed by atoms with van der Waals surface area (Å²) in [6, 6.07) is 3.27. The van der Waals surface area contributed by atoms with Crippen LogP contribution >= 0.6 is 11.6 Å². The molecule has 0 aliphatic carbocycles. The predicted octanol–water partition coefficient (Wildman–Crippen LogP) is 0.958. The van der Waals surface area contributed by atoms with Gasteiger partial charge in [-0.3, -0.25) is 4.79 Å². The van der Waals surface area contributed by atoms with Crippen LogP contribution in [0.5, 0.6) is 5.88 Å². The Morgan fingerprint density at radius 3 is 3.00 bits per heavy atom. The van der Waals surface area contributed by atoms with Crippen LogP contribution in [0.4, 0.5) is 0 Å². The molecule has 0 radical (unpaired) electrons. The molecular formula is C11H10ClN5O2. The third kappa shape index (κ3) is 3.29. The van der Waals surface area contributed by atoms with E-state index in [0.29, 0.717) is 17.3 Å². The maximum absolute atomic E-state index is 10.6. The van der Waals surface area contributed by atoms with E-state index in [2.05, 4.69) is 15.1 Å². The van der Waals surface area contributed by atoms with Gasteiger partial charge >= 0.3 is 0 Å². The lowest BCUT2D eigenvalue weighted by atomic mass is 10.2. The van der Waals surface area contributed by atoms with Gasteiger partial charge < -0.3 is 10.5 Å². The molecule has 2 rings (SSSR count). The Hall–Kier alpha value is -2.41. The summed E-state index contributed by atoms with van der Waals surface area (Å²) in [7, 11) is 1.49. The summed E-state index contributed by atoms with van der Waals surface area (Å²) >= 11 is 5.86. The Bertz CT molecular complexity index is 638. The number of nitrogens with zero attached hydrogens (tertiary/aromatic N) is 4. The van der Waals surface area contributed by atoms with Gasteiger partial charge in [0, 0.05) is 23.9 Å². The van der Waals surface area contributed by atoms with Gasteiger partial charge in [-0.2, -0.15) is 0 Å². The zero-order chi connectivity index (χ0) is 13.8. The fraction of sp³-hybridized carbons (Fsp3) is 0.0909. The number of aromatic nitrogens is 4. The Labute approximate surface area is 113 Å². The summed E-state index contributed by atoms with van der Waals surface area (Å²) in [5.41, 5.74) is 5.64. The molecule has 0 bridgehead atoms. The van der Waals surface area contributed by atoms with Crippen LogP contribution in [0.1, 0.15) is 0 Å². The molecule has 0 saturated carbocycles. The van der Waals surface area contributed by atoms with Crippen molar-refractivity contribution in [3.63, 3.8) is 0 Å². The molecule has 0 atom stereocenters. The number of hydrogen-bond acceptors (Lipinski definition) is 5. The molecule has 19 heavy (non-hydrogen) atoms. The summed E-state index contributed by atoms with van der Waals surface area (Å²) < 4.78 is 6.37. The number of ether oxygens (including phenoxy) is 1. The molecule has 1 amide bonds. The monoisotopic (exact) mass is 279 g/mol. The maximum atomic E-state index is 10.6. The number of rotatable bonds is 4. The second-order valence-corrected chi connectivity index (χ2v) is 3.87. The van der Waals surface area contributed by atoms with Crippen molar-refractivity contribution in [1.29, 1.82) is 0 Å². The van der Waals surface area contributed by atoms with Gasteiger partial charge in [0.2, 0.25) is 11.8 Å². The first-order valence-corrected chi connectivity index (χ1v) is 5.57. The highest BCUT2D eigenvalue weighted by molar-refractivity contribution is 6.29. The van der Waals surface area contributed by atoms with Crippen molar-refractivity contribution in [3.05, 3.63) is 29.7 Å². The SMILES string of the molecule is COc1cc(-c2ncn(C=CC(N)=O)n2)cc(Cl)n1. The molecule has 0 unspecified atom stereocenters. The highest BCUT2D eigenvalue weighted by atomic mass is 35.5. The quantitative estimate of drug-likeness (QED) is 0.664. The number of carbonyl (C=O) groups is 1. The second kappa shape index (κ2) is 5.49. The molecule has 8 heteroatoms. The topological polar surface area (TPSA) is 95.9 Å². The third-order valence-electron chi connectivity index (χ3n) is 2.14. The first-order chi connectivity index (χ1) is 9.08. The van der Waals surface area contributed by atoms with Gasteiger partial charge in [-0.1, -0.05) is 11.6 Å². The number of pyridine rings is 1. The maximum Gasteiger partial charge on any atom is 0.242 e. The molecule has 2 aromatic rings. The molecule has 0 spiro atoms. The van der Waals surface area contributed by atoms with Crippen LogP contribution in [0.3, 0.4) is 0 Å². The number of hydrogen-bond donors (Lipinski definition) is 1. The average Bonchev–Trinajstić information content (AvgIpc) is 2.84. The van der Waals surface area contributed by atoms with E-state index in [1.54, 1.807) is 12.1 Å². The fourth-order valence-corrected chi connectivity index (χ4v) is 1.54. The molecule has 0 fully saturated rings. The zero-order valence-electron chi connectivity index (χ0n) is 9.95. The molecule has 0 aromatic carbocycles. The van der Waals surface area contributed by atoms with Crippen molar-refractivity contribution in [2.24, 2.45) is 5.73 Å². The Morgan fingerprint density at radius 2 is 2.32 bits per heavy atom. The van der Waals surface area contributed by atoms with E-state index in [-0.39, 0.29) is 5.15 Å². The number of amides is 1. The second-order valence-electron chi connectivity index (χ2n) is 3.49. The number of nitrogens with two attached hydrogens (primary N) is 1. The third-order valence-corrected chi connectivity index (χ3v) is 2.33. The van der Waals surface area contributed by atoms with Crippen molar-refractivity contribution >= 4 is 23.7 Å². The zero-order valence-corrected chi connectivity index (χ0v) is 10.7. The standard InChI is InChI=1S/C11H10ClN5O2/c1-19-10-5-7(4-8(12)15-10)11-14-6-17(16-11)3-2-9(13)18/h2-6H,1H3,(H2,13,18). The van der Waals surface area contributed by atoms with Gasteiger partial charge in [-0.25, -0.2) is 14.6 Å². The highest BCUT2D eigenvalue weighted by Gasteiger charge is 2.07. The molecule has 2 N–H and O–H groups in total. The summed E-state index contributed by atoms with van der Waals surface area (Å²) in [4.78, 5) is 18.6. The van der Waals surface area contributed by atoms with Crippen molar-refractivity contribution < 1.29 is 9.53 Å². The van der Waals surface area contributed by atoms with Crippen molar-refractivity contribution in [3.8, 4) is 17.3 Å². The van der Waals surface area contributed by atoms with Crippen LogP contribution in [0, 0.1) is 0 Å². The molecule has 7 nitrogen and oxygen atoms in total. The lowest BCUT2D eigenvalue weighted by Gasteiger charge is -2.01. The number of methoxy groups -OCH3 is 1. The van der Waals surface area contributed by atoms with Crippen LogP contribution in [0.25, 0.3) is 17.6 Å². The summed E-state index contributed by atoms with van der Waals surface area (Å²) in [5, 5.41) is 4.41. The molecule has 0 saturated heterocycles. The van der Waals surface area contributed by atoms with Crippen LogP contribution in [-0.2, 0) is 4.79 Å². The van der Waals surface area contributed by atoms with Gasteiger partial charge in [0.15, 0.2) is 5.82 Å². The van der Waals surface area contributed by atoms with Crippen LogP contribution in [-0.4, -0.2) is 32.8 Å². The summed E-state index contributed by atoms with van der Waals surface area (Å²) in [5.74, 6) is 0.230. The van der Waals surface area contributed by atoms with Gasteiger partial charge in [0.1, 0.15) is 11.5 Å². The number of carbonyl (C=O) groups excluding carboxylic acids is 1.